The molecule has 188 valence electrons. The Morgan fingerprint density at radius 2 is 1.86 bits per heavy atom. The lowest BCUT2D eigenvalue weighted by atomic mass is 10.0. The lowest BCUT2D eigenvalue weighted by Gasteiger charge is -2.11. The van der Waals surface area contributed by atoms with E-state index in [2.05, 4.69) is 36.7 Å². The Labute approximate surface area is 213 Å². The highest BCUT2D eigenvalue weighted by Crippen LogP contribution is 2.31. The van der Waals surface area contributed by atoms with Crippen LogP contribution in [0.15, 0.2) is 59.4 Å². The second-order valence-corrected chi connectivity index (χ2v) is 8.39. The quantitative estimate of drug-likeness (QED) is 0.176. The van der Waals surface area contributed by atoms with Crippen LogP contribution < -0.4 is 10.6 Å². The maximum Gasteiger partial charge on any atom is 0.287 e. The molecule has 0 spiro atoms. The van der Waals surface area contributed by atoms with Gasteiger partial charge < -0.3 is 20.1 Å². The number of nitrogens with zero attached hydrogens (tertiary/aromatic N) is 7. The third kappa shape index (κ3) is 6.62. The molecule has 0 aliphatic rings. The number of aromatic nitrogens is 4. The lowest BCUT2D eigenvalue weighted by Crippen LogP contribution is -2.16. The number of hydrogen-bond donors (Lipinski definition) is 2. The summed E-state index contributed by atoms with van der Waals surface area (Å²) in [5, 5.41) is 30.4. The third-order valence-electron chi connectivity index (χ3n) is 5.39. The van der Waals surface area contributed by atoms with Crippen molar-refractivity contribution in [2.24, 2.45) is 0 Å². The second kappa shape index (κ2) is 11.7. The average Bonchev–Trinajstić information content (AvgIpc) is 3.39. The Balaban J connectivity index is 1.50. The molecular formula is C25H25N9O3. The SMILES string of the molecule is CN(C)CCc1cc(-c2cnc(NCCNc3ccc([N+](=O)[O-])cn3)nc2-c2ccc(C#N)cc2)on1. The highest BCUT2D eigenvalue weighted by atomic mass is 16.6. The minimum absolute atomic E-state index is 0.0657. The van der Waals surface area contributed by atoms with Gasteiger partial charge in [0.25, 0.3) is 5.69 Å². The molecule has 0 unspecified atom stereocenters. The maximum absolute atomic E-state index is 10.8. The summed E-state index contributed by atoms with van der Waals surface area (Å²) in [6, 6.07) is 14.1. The van der Waals surface area contributed by atoms with E-state index in [1.165, 1.54) is 12.3 Å². The van der Waals surface area contributed by atoms with Crippen LogP contribution in [0.2, 0.25) is 0 Å². The first-order chi connectivity index (χ1) is 17.9. The number of rotatable bonds is 11. The van der Waals surface area contributed by atoms with Gasteiger partial charge in [-0.05, 0) is 32.3 Å². The number of nitro groups is 1. The zero-order chi connectivity index (χ0) is 26.2. The summed E-state index contributed by atoms with van der Waals surface area (Å²) in [6.45, 7) is 1.80. The number of likely N-dealkylation sites (N-methyl/N-ethyl adjacent to an activating group) is 1. The van der Waals surface area contributed by atoms with Gasteiger partial charge in [0.2, 0.25) is 5.95 Å². The topological polar surface area (TPSA) is 159 Å². The van der Waals surface area contributed by atoms with Gasteiger partial charge in [0.05, 0.1) is 33.5 Å². The van der Waals surface area contributed by atoms with E-state index in [4.69, 9.17) is 14.8 Å². The molecule has 3 aromatic heterocycles. The molecule has 0 fully saturated rings. The van der Waals surface area contributed by atoms with Crippen molar-refractivity contribution in [3.05, 3.63) is 76.2 Å². The molecular weight excluding hydrogens is 474 g/mol. The largest absolute Gasteiger partial charge is 0.368 e. The number of benzene rings is 1. The Hall–Kier alpha value is -4.89. The average molecular weight is 500 g/mol. The van der Waals surface area contributed by atoms with E-state index in [0.29, 0.717) is 47.4 Å². The van der Waals surface area contributed by atoms with Crippen LogP contribution in [0, 0.1) is 21.4 Å². The Morgan fingerprint density at radius 1 is 1.08 bits per heavy atom. The fourth-order valence-corrected chi connectivity index (χ4v) is 3.43. The summed E-state index contributed by atoms with van der Waals surface area (Å²) < 4.78 is 5.62. The number of nitriles is 1. The van der Waals surface area contributed by atoms with Crippen LogP contribution in [-0.2, 0) is 6.42 Å². The zero-order valence-electron chi connectivity index (χ0n) is 20.4. The van der Waals surface area contributed by atoms with Crippen LogP contribution in [0.1, 0.15) is 11.3 Å². The standard InChI is InChI=1S/C25H25N9O3/c1-33(2)12-9-19-13-22(37-32-19)21-16-30-25(31-24(21)18-5-3-17(14-26)4-6-18)28-11-10-27-23-8-7-20(15-29-23)34(35)36/h3-8,13,15-16H,9-12H2,1-2H3,(H,27,29)(H,28,30,31). The van der Waals surface area contributed by atoms with Gasteiger partial charge in [-0.25, -0.2) is 15.0 Å². The first-order valence-corrected chi connectivity index (χ1v) is 11.5. The molecule has 12 nitrogen and oxygen atoms in total. The minimum Gasteiger partial charge on any atom is -0.368 e. The van der Waals surface area contributed by atoms with E-state index in [1.54, 1.807) is 24.4 Å². The van der Waals surface area contributed by atoms with Crippen molar-refractivity contribution in [3.63, 3.8) is 0 Å². The summed E-state index contributed by atoms with van der Waals surface area (Å²) in [5.41, 5.74) is 3.45. The molecule has 1 aromatic carbocycles. The van der Waals surface area contributed by atoms with Crippen LogP contribution in [-0.4, -0.2) is 63.7 Å². The first kappa shape index (κ1) is 25.2. The molecule has 0 saturated heterocycles. The summed E-state index contributed by atoms with van der Waals surface area (Å²) in [6.07, 6.45) is 3.64. The molecule has 37 heavy (non-hydrogen) atoms. The number of nitrogens with one attached hydrogen (secondary N) is 2. The summed E-state index contributed by atoms with van der Waals surface area (Å²) in [5.74, 6) is 1.50. The predicted octanol–water partition coefficient (Wildman–Crippen LogP) is 3.60. The maximum atomic E-state index is 10.8. The Bertz CT molecular complexity index is 1390. The van der Waals surface area contributed by atoms with E-state index in [1.807, 2.05) is 32.3 Å². The predicted molar refractivity (Wildman–Crippen MR) is 138 cm³/mol. The van der Waals surface area contributed by atoms with Crippen molar-refractivity contribution in [3.8, 4) is 28.7 Å². The smallest absolute Gasteiger partial charge is 0.287 e. The molecule has 0 atom stereocenters. The molecule has 3 heterocycles. The van der Waals surface area contributed by atoms with Crippen LogP contribution >= 0.6 is 0 Å². The Morgan fingerprint density at radius 3 is 2.54 bits per heavy atom. The van der Waals surface area contributed by atoms with Gasteiger partial charge in [0.1, 0.15) is 12.0 Å². The molecule has 0 bridgehead atoms. The molecule has 12 heteroatoms. The fourth-order valence-electron chi connectivity index (χ4n) is 3.43. The highest BCUT2D eigenvalue weighted by Gasteiger charge is 2.16. The van der Waals surface area contributed by atoms with Crippen LogP contribution in [0.5, 0.6) is 0 Å². The first-order valence-electron chi connectivity index (χ1n) is 11.5. The molecule has 0 amide bonds. The summed E-state index contributed by atoms with van der Waals surface area (Å²) >= 11 is 0. The van der Waals surface area contributed by atoms with Crippen LogP contribution in [0.3, 0.4) is 0 Å². The van der Waals surface area contributed by atoms with E-state index in [-0.39, 0.29) is 5.69 Å². The fraction of sp³-hybridized carbons (Fsp3) is 0.240. The third-order valence-corrected chi connectivity index (χ3v) is 5.39. The van der Waals surface area contributed by atoms with Crippen molar-refractivity contribution < 1.29 is 9.45 Å². The van der Waals surface area contributed by atoms with Crippen molar-refractivity contribution >= 4 is 17.5 Å². The number of hydrogen-bond acceptors (Lipinski definition) is 11. The van der Waals surface area contributed by atoms with E-state index in [9.17, 15) is 10.1 Å². The zero-order valence-corrected chi connectivity index (χ0v) is 20.4. The van der Waals surface area contributed by atoms with Gasteiger partial charge in [0.15, 0.2) is 5.76 Å². The van der Waals surface area contributed by atoms with Gasteiger partial charge in [0, 0.05) is 49.9 Å². The van der Waals surface area contributed by atoms with E-state index < -0.39 is 4.92 Å². The monoisotopic (exact) mass is 499 g/mol. The van der Waals surface area contributed by atoms with Gasteiger partial charge >= 0.3 is 0 Å². The van der Waals surface area contributed by atoms with Crippen LogP contribution in [0.4, 0.5) is 17.5 Å². The molecule has 4 rings (SSSR count). The normalized spacial score (nSPS) is 10.8. The molecule has 2 N–H and O–H groups in total. The molecule has 0 aliphatic carbocycles. The van der Waals surface area contributed by atoms with Gasteiger partial charge in [-0.3, -0.25) is 10.1 Å². The van der Waals surface area contributed by atoms with E-state index >= 15 is 0 Å². The second-order valence-electron chi connectivity index (χ2n) is 8.39. The summed E-state index contributed by atoms with van der Waals surface area (Å²) in [7, 11) is 4.00. The van der Waals surface area contributed by atoms with Crippen molar-refractivity contribution in [2.45, 2.75) is 6.42 Å². The minimum atomic E-state index is -0.492. The Kier molecular flexibility index (Phi) is 7.97. The van der Waals surface area contributed by atoms with Crippen molar-refractivity contribution in [1.82, 2.24) is 25.0 Å². The molecule has 0 radical (unpaired) electrons. The van der Waals surface area contributed by atoms with Gasteiger partial charge in [-0.2, -0.15) is 5.26 Å². The number of pyridine rings is 1. The van der Waals surface area contributed by atoms with Gasteiger partial charge in [-0.15, -0.1) is 0 Å². The van der Waals surface area contributed by atoms with E-state index in [0.717, 1.165) is 24.2 Å². The highest BCUT2D eigenvalue weighted by molar-refractivity contribution is 5.78. The number of anilines is 2. The van der Waals surface area contributed by atoms with Crippen LogP contribution in [0.25, 0.3) is 22.6 Å². The molecule has 0 saturated carbocycles. The summed E-state index contributed by atoms with van der Waals surface area (Å²) in [4.78, 5) is 25.5. The van der Waals surface area contributed by atoms with Crippen molar-refractivity contribution in [2.75, 3.05) is 44.4 Å². The lowest BCUT2D eigenvalue weighted by molar-refractivity contribution is -0.385. The van der Waals surface area contributed by atoms with Gasteiger partial charge in [-0.1, -0.05) is 17.3 Å². The molecule has 0 aliphatic heterocycles. The van der Waals surface area contributed by atoms with Crippen molar-refractivity contribution in [1.29, 1.82) is 5.26 Å². The molecule has 4 aromatic rings.